The van der Waals surface area contributed by atoms with Gasteiger partial charge < -0.3 is 19.5 Å². The van der Waals surface area contributed by atoms with Crippen molar-refractivity contribution >= 4 is 5.69 Å². The summed E-state index contributed by atoms with van der Waals surface area (Å²) in [6.45, 7) is 1.61. The highest BCUT2D eigenvalue weighted by Crippen LogP contribution is 2.25. The van der Waals surface area contributed by atoms with Gasteiger partial charge in [-0.1, -0.05) is 0 Å². The van der Waals surface area contributed by atoms with Crippen molar-refractivity contribution in [1.82, 2.24) is 0 Å². The zero-order valence-electron chi connectivity index (χ0n) is 10.7. The number of nitrogens with zero attached hydrogens (tertiary/aromatic N) is 2. The summed E-state index contributed by atoms with van der Waals surface area (Å²) in [7, 11) is 3.20. The lowest BCUT2D eigenvalue weighted by molar-refractivity contribution is 0.203. The molecular formula is C13H18N2O3. The smallest absolute Gasteiger partial charge is 0.121 e. The van der Waals surface area contributed by atoms with Gasteiger partial charge in [-0.15, -0.1) is 0 Å². The largest absolute Gasteiger partial charge is 0.497 e. The number of nitriles is 1. The Morgan fingerprint density at radius 1 is 1.33 bits per heavy atom. The summed E-state index contributed by atoms with van der Waals surface area (Å²) in [6.07, 6.45) is 0. The number of ether oxygens (including phenoxy) is 2. The molecule has 0 aliphatic rings. The Morgan fingerprint density at radius 2 is 2.11 bits per heavy atom. The first-order valence-electron chi connectivity index (χ1n) is 5.69. The van der Waals surface area contributed by atoms with E-state index in [9.17, 15) is 0 Å². The van der Waals surface area contributed by atoms with Crippen LogP contribution in [0, 0.1) is 11.3 Å². The van der Waals surface area contributed by atoms with E-state index in [-0.39, 0.29) is 6.61 Å². The van der Waals surface area contributed by atoms with E-state index in [0.29, 0.717) is 31.0 Å². The fourth-order valence-electron chi connectivity index (χ4n) is 1.67. The number of methoxy groups -OCH3 is 2. The van der Waals surface area contributed by atoms with Crippen molar-refractivity contribution in [1.29, 1.82) is 5.26 Å². The highest BCUT2D eigenvalue weighted by molar-refractivity contribution is 5.62. The van der Waals surface area contributed by atoms with Crippen molar-refractivity contribution in [2.45, 2.75) is 0 Å². The van der Waals surface area contributed by atoms with E-state index in [1.807, 2.05) is 4.90 Å². The zero-order chi connectivity index (χ0) is 13.4. The van der Waals surface area contributed by atoms with Gasteiger partial charge in [0.15, 0.2) is 0 Å². The minimum absolute atomic E-state index is 0.0196. The van der Waals surface area contributed by atoms with E-state index >= 15 is 0 Å². The van der Waals surface area contributed by atoms with Crippen LogP contribution < -0.4 is 9.64 Å². The third-order valence-corrected chi connectivity index (χ3v) is 2.60. The fraction of sp³-hybridized carbons (Fsp3) is 0.462. The maximum Gasteiger partial charge on any atom is 0.121 e. The third-order valence-electron chi connectivity index (χ3n) is 2.60. The quantitative estimate of drug-likeness (QED) is 0.782. The Hall–Kier alpha value is -1.77. The van der Waals surface area contributed by atoms with E-state index in [1.54, 1.807) is 32.4 Å². The van der Waals surface area contributed by atoms with Crippen molar-refractivity contribution < 1.29 is 14.6 Å². The molecule has 1 N–H and O–H groups in total. The van der Waals surface area contributed by atoms with Crippen LogP contribution in [-0.4, -0.2) is 45.6 Å². The molecule has 1 aromatic rings. The number of hydrogen-bond acceptors (Lipinski definition) is 5. The molecule has 1 rings (SSSR count). The molecule has 0 spiro atoms. The lowest BCUT2D eigenvalue weighted by Gasteiger charge is -2.25. The molecule has 5 nitrogen and oxygen atoms in total. The SMILES string of the molecule is COCCN(CCO)c1cc(OC)ccc1C#N. The Morgan fingerprint density at radius 3 is 2.67 bits per heavy atom. The van der Waals surface area contributed by atoms with E-state index in [2.05, 4.69) is 6.07 Å². The van der Waals surface area contributed by atoms with Gasteiger partial charge >= 0.3 is 0 Å². The number of aliphatic hydroxyl groups is 1. The van der Waals surface area contributed by atoms with E-state index in [0.717, 1.165) is 5.69 Å². The van der Waals surface area contributed by atoms with Crippen molar-refractivity contribution in [2.75, 3.05) is 45.4 Å². The molecule has 1 aromatic carbocycles. The predicted molar refractivity (Wildman–Crippen MR) is 68.9 cm³/mol. The van der Waals surface area contributed by atoms with Gasteiger partial charge in [-0.25, -0.2) is 0 Å². The molecule has 0 aliphatic carbocycles. The van der Waals surface area contributed by atoms with Crippen LogP contribution in [0.4, 0.5) is 5.69 Å². The number of aliphatic hydroxyl groups excluding tert-OH is 1. The van der Waals surface area contributed by atoms with E-state index in [4.69, 9.17) is 19.8 Å². The summed E-state index contributed by atoms with van der Waals surface area (Å²) in [6, 6.07) is 7.40. The molecule has 0 atom stereocenters. The first kappa shape index (κ1) is 14.3. The van der Waals surface area contributed by atoms with Crippen LogP contribution in [0.2, 0.25) is 0 Å². The van der Waals surface area contributed by atoms with Gasteiger partial charge in [-0.2, -0.15) is 5.26 Å². The summed E-state index contributed by atoms with van der Waals surface area (Å²) in [5.74, 6) is 0.685. The normalized spacial score (nSPS) is 9.89. The maximum absolute atomic E-state index is 9.11. The number of hydrogen-bond donors (Lipinski definition) is 1. The second-order valence-corrected chi connectivity index (χ2v) is 3.70. The monoisotopic (exact) mass is 250 g/mol. The van der Waals surface area contributed by atoms with Crippen LogP contribution >= 0.6 is 0 Å². The number of anilines is 1. The molecule has 5 heteroatoms. The van der Waals surface area contributed by atoms with Crippen LogP contribution in [0.5, 0.6) is 5.75 Å². The molecule has 0 saturated heterocycles. The molecule has 18 heavy (non-hydrogen) atoms. The van der Waals surface area contributed by atoms with Crippen LogP contribution in [0.25, 0.3) is 0 Å². The van der Waals surface area contributed by atoms with Gasteiger partial charge in [0, 0.05) is 26.3 Å². The van der Waals surface area contributed by atoms with Crippen molar-refractivity contribution in [3.05, 3.63) is 23.8 Å². The molecule has 0 heterocycles. The van der Waals surface area contributed by atoms with Crippen LogP contribution in [-0.2, 0) is 4.74 Å². The van der Waals surface area contributed by atoms with Crippen molar-refractivity contribution in [3.8, 4) is 11.8 Å². The highest BCUT2D eigenvalue weighted by Gasteiger charge is 2.12. The Bertz CT molecular complexity index is 415. The highest BCUT2D eigenvalue weighted by atomic mass is 16.5. The molecule has 0 bridgehead atoms. The molecule has 0 amide bonds. The van der Waals surface area contributed by atoms with Gasteiger partial charge in [0.1, 0.15) is 11.8 Å². The minimum Gasteiger partial charge on any atom is -0.497 e. The Balaban J connectivity index is 3.03. The van der Waals surface area contributed by atoms with Gasteiger partial charge in [-0.05, 0) is 12.1 Å². The second kappa shape index (κ2) is 7.54. The zero-order valence-corrected chi connectivity index (χ0v) is 10.7. The van der Waals surface area contributed by atoms with Gasteiger partial charge in [-0.3, -0.25) is 0 Å². The Kier molecular flexibility index (Phi) is 5.98. The average Bonchev–Trinajstić information content (AvgIpc) is 2.42. The molecule has 0 unspecified atom stereocenters. The molecule has 0 aromatic heterocycles. The Labute approximate surface area is 107 Å². The minimum atomic E-state index is 0.0196. The van der Waals surface area contributed by atoms with E-state index in [1.165, 1.54) is 0 Å². The lowest BCUT2D eigenvalue weighted by atomic mass is 10.1. The summed E-state index contributed by atoms with van der Waals surface area (Å²) < 4.78 is 10.2. The third kappa shape index (κ3) is 3.62. The topological polar surface area (TPSA) is 65.7 Å². The number of benzene rings is 1. The standard InChI is InChI=1S/C13H18N2O3/c1-17-8-6-15(5-7-16)13-9-12(18-2)4-3-11(13)10-14/h3-4,9,16H,5-8H2,1-2H3. The summed E-state index contributed by atoms with van der Waals surface area (Å²) in [4.78, 5) is 1.91. The number of rotatable bonds is 7. The average molecular weight is 250 g/mol. The summed E-state index contributed by atoms with van der Waals surface area (Å²) in [5, 5.41) is 18.2. The van der Waals surface area contributed by atoms with Crippen molar-refractivity contribution in [2.24, 2.45) is 0 Å². The first-order chi connectivity index (χ1) is 8.76. The predicted octanol–water partition coefficient (Wildman–Crippen LogP) is 1.01. The lowest BCUT2D eigenvalue weighted by Crippen LogP contribution is -2.30. The van der Waals surface area contributed by atoms with Crippen molar-refractivity contribution in [3.63, 3.8) is 0 Å². The molecule has 0 fully saturated rings. The van der Waals surface area contributed by atoms with E-state index < -0.39 is 0 Å². The molecule has 98 valence electrons. The summed E-state index contributed by atoms with van der Waals surface area (Å²) >= 11 is 0. The molecule has 0 radical (unpaired) electrons. The first-order valence-corrected chi connectivity index (χ1v) is 5.69. The fourth-order valence-corrected chi connectivity index (χ4v) is 1.67. The molecule has 0 aliphatic heterocycles. The molecule has 0 saturated carbocycles. The second-order valence-electron chi connectivity index (χ2n) is 3.70. The van der Waals surface area contributed by atoms with Gasteiger partial charge in [0.05, 0.1) is 31.6 Å². The summed E-state index contributed by atoms with van der Waals surface area (Å²) in [5.41, 5.74) is 1.31. The van der Waals surface area contributed by atoms with Crippen LogP contribution in [0.15, 0.2) is 18.2 Å². The van der Waals surface area contributed by atoms with Gasteiger partial charge in [0.25, 0.3) is 0 Å². The molecular weight excluding hydrogens is 232 g/mol. The van der Waals surface area contributed by atoms with Gasteiger partial charge in [0.2, 0.25) is 0 Å². The van der Waals surface area contributed by atoms with Crippen LogP contribution in [0.1, 0.15) is 5.56 Å². The maximum atomic E-state index is 9.11. The van der Waals surface area contributed by atoms with Crippen LogP contribution in [0.3, 0.4) is 0 Å².